The third-order valence-corrected chi connectivity index (χ3v) is 10.5. The van der Waals surface area contributed by atoms with Gasteiger partial charge in [0.15, 0.2) is 23.9 Å². The van der Waals surface area contributed by atoms with Crippen LogP contribution < -0.4 is 31.0 Å². The number of carbonyl (C=O) groups excluding carboxylic acids is 1. The van der Waals surface area contributed by atoms with Gasteiger partial charge in [-0.15, -0.1) is 0 Å². The number of rotatable bonds is 13. The summed E-state index contributed by atoms with van der Waals surface area (Å²) in [6.07, 6.45) is -12.4. The van der Waals surface area contributed by atoms with Gasteiger partial charge in [0.1, 0.15) is 54.7 Å². The first-order valence-electron chi connectivity index (χ1n) is 13.8. The van der Waals surface area contributed by atoms with Crippen LogP contribution in [0.1, 0.15) is 19.1 Å². The lowest BCUT2D eigenvalue weighted by Crippen LogP contribution is -2.48. The minimum absolute atomic E-state index is 0.000863. The number of fused-ring (bicyclic) bond motifs is 1. The van der Waals surface area contributed by atoms with Crippen molar-refractivity contribution in [1.82, 2.24) is 24.4 Å². The van der Waals surface area contributed by atoms with Gasteiger partial charge in [0, 0.05) is 11.8 Å². The van der Waals surface area contributed by atoms with Gasteiger partial charge in [0.2, 0.25) is 5.91 Å². The van der Waals surface area contributed by atoms with Crippen molar-refractivity contribution in [2.75, 3.05) is 18.9 Å². The fourth-order valence-electron chi connectivity index (χ4n) is 5.21. The molecule has 0 spiro atoms. The topological polar surface area (TPSA) is 396 Å². The number of ether oxygens (including phenoxy) is 2. The standard InChI is InChI=1S/C21H32N7O18P3/c22-17-12-19(25-6-24-17)28(7-26-12)21-16(45-47(34,35)36)14(31)10(44-21)5-42-49(39,40)46-48(37,38)41-4-9-13(30)15(32)20(43-9)27-3-8(18(23)33)1-2-11(27)29/h3,6-7,9-11,13-16,20-21,29-32H,1-2,4-5H2,(H2,23,33)(H,37,38)(H,39,40)(H2,22,24,25)(H2,34,35,36)/p-4/t9-,10-,11-,13-,14-,15-,16-,20-,21-/m1/s1. The number of phosphoric ester groups is 3. The average molecular weight is 759 g/mol. The summed E-state index contributed by atoms with van der Waals surface area (Å²) in [6.45, 7) is -2.34. The van der Waals surface area contributed by atoms with E-state index < -0.39 is 97.9 Å². The Kier molecular flexibility index (Phi) is 11.0. The molecule has 0 saturated carbocycles. The fourth-order valence-corrected chi connectivity index (χ4v) is 7.75. The van der Waals surface area contributed by atoms with E-state index in [-0.39, 0.29) is 35.4 Å². The highest BCUT2D eigenvalue weighted by Gasteiger charge is 2.49. The molecular weight excluding hydrogens is 731 g/mol. The molecule has 2 aromatic rings. The van der Waals surface area contributed by atoms with Crippen molar-refractivity contribution >= 4 is 46.4 Å². The van der Waals surface area contributed by atoms with Gasteiger partial charge in [-0.05, 0) is 12.8 Å². The van der Waals surface area contributed by atoms with Gasteiger partial charge in [-0.3, -0.25) is 18.5 Å². The van der Waals surface area contributed by atoms with Crippen LogP contribution in [0.5, 0.6) is 0 Å². The normalized spacial score (nSPS) is 33.3. The average Bonchev–Trinajstić information content (AvgIpc) is 3.64. The molecule has 274 valence electrons. The van der Waals surface area contributed by atoms with Gasteiger partial charge in [0.05, 0.1) is 27.4 Å². The number of nitrogen functional groups attached to an aromatic ring is 1. The van der Waals surface area contributed by atoms with E-state index in [0.717, 1.165) is 28.3 Å². The highest BCUT2D eigenvalue weighted by Crippen LogP contribution is 2.56. The van der Waals surface area contributed by atoms with Crippen LogP contribution in [0.15, 0.2) is 24.4 Å². The second-order valence-corrected chi connectivity index (χ2v) is 14.8. The zero-order valence-corrected chi connectivity index (χ0v) is 27.2. The predicted molar refractivity (Wildman–Crippen MR) is 145 cm³/mol. The maximum Gasteiger partial charge on any atom is 0.274 e. The maximum absolute atomic E-state index is 12.4. The van der Waals surface area contributed by atoms with Crippen LogP contribution in [0.25, 0.3) is 11.2 Å². The number of primary amides is 1. The van der Waals surface area contributed by atoms with E-state index in [1.54, 1.807) is 0 Å². The monoisotopic (exact) mass is 759 g/mol. The molecule has 2 unspecified atom stereocenters. The molecule has 0 aliphatic carbocycles. The first kappa shape index (κ1) is 37.7. The smallest absolute Gasteiger partial charge is 0.274 e. The number of imidazole rings is 1. The molecule has 11 atom stereocenters. The molecular formula is C21H28N7O18P3-4. The Balaban J connectivity index is 1.20. The molecule has 3 aliphatic rings. The molecule has 8 N–H and O–H groups in total. The number of phosphoric acid groups is 3. The lowest BCUT2D eigenvalue weighted by atomic mass is 10.0. The Hall–Kier alpha value is -2.51. The summed E-state index contributed by atoms with van der Waals surface area (Å²) in [4.78, 5) is 71.7. The number of amides is 1. The number of hydrogen-bond donors (Lipinski definition) is 6. The van der Waals surface area contributed by atoms with E-state index in [0.29, 0.717) is 0 Å². The Bertz CT molecular complexity index is 1720. The van der Waals surface area contributed by atoms with Crippen LogP contribution in [0.3, 0.4) is 0 Å². The van der Waals surface area contributed by atoms with E-state index in [2.05, 4.69) is 32.8 Å². The number of aromatic nitrogens is 4. The van der Waals surface area contributed by atoms with E-state index >= 15 is 0 Å². The first-order valence-corrected chi connectivity index (χ1v) is 18.2. The summed E-state index contributed by atoms with van der Waals surface area (Å²) in [5.74, 6) is -0.919. The van der Waals surface area contributed by atoms with Crippen LogP contribution in [-0.4, -0.2) is 113 Å². The Morgan fingerprint density at radius 2 is 1.55 bits per heavy atom. The van der Waals surface area contributed by atoms with Crippen molar-refractivity contribution in [3.8, 4) is 0 Å². The van der Waals surface area contributed by atoms with Crippen molar-refractivity contribution in [1.29, 1.82) is 0 Å². The predicted octanol–water partition coefficient (Wildman–Crippen LogP) is -5.90. The molecule has 2 aromatic heterocycles. The number of carbonyl (C=O) groups is 1. The molecule has 3 aliphatic heterocycles. The van der Waals surface area contributed by atoms with Gasteiger partial charge in [-0.1, -0.05) is 0 Å². The summed E-state index contributed by atoms with van der Waals surface area (Å²) in [7, 11) is -17.5. The largest absolute Gasteiger partial charge is 0.790 e. The van der Waals surface area contributed by atoms with Crippen molar-refractivity contribution < 1.29 is 85.8 Å². The molecule has 5 rings (SSSR count). The van der Waals surface area contributed by atoms with Gasteiger partial charge >= 0.3 is 0 Å². The molecule has 2 saturated heterocycles. The van der Waals surface area contributed by atoms with Crippen LogP contribution in [-0.2, 0) is 45.8 Å². The highest BCUT2D eigenvalue weighted by atomic mass is 31.3. The van der Waals surface area contributed by atoms with E-state index in [1.165, 1.54) is 0 Å². The van der Waals surface area contributed by atoms with Crippen molar-refractivity contribution in [2.45, 2.75) is 68.1 Å². The number of nitrogens with zero attached hydrogens (tertiary/aromatic N) is 5. The fraction of sp³-hybridized carbons (Fsp3) is 0.619. The van der Waals surface area contributed by atoms with Crippen LogP contribution in [0, 0.1) is 0 Å². The highest BCUT2D eigenvalue weighted by molar-refractivity contribution is 7.59. The molecule has 49 heavy (non-hydrogen) atoms. The number of aliphatic hydroxyl groups excluding tert-OH is 4. The molecule has 0 radical (unpaired) electrons. The minimum atomic E-state index is -5.89. The Morgan fingerprint density at radius 3 is 2.16 bits per heavy atom. The number of nitrogens with two attached hydrogens (primary N) is 2. The van der Waals surface area contributed by atoms with Gasteiger partial charge < -0.3 is 84.0 Å². The van der Waals surface area contributed by atoms with Crippen molar-refractivity contribution in [3.05, 3.63) is 24.4 Å². The maximum atomic E-state index is 12.4. The van der Waals surface area contributed by atoms with Gasteiger partial charge in [-0.2, -0.15) is 0 Å². The SMILES string of the molecule is NC(=O)C1=CN([C@@H]2O[C@H](COP(=O)([O-])OP(=O)([O-])OC[C@H]3O[C@@H](n4cnc5c(N)ncnc54)[C@H](OP(=O)([O-])[O-])[C@@H]3O)[C@@H](O)[C@H]2O)[C@H](O)CC1. The van der Waals surface area contributed by atoms with Crippen molar-refractivity contribution in [3.63, 3.8) is 0 Å². The summed E-state index contributed by atoms with van der Waals surface area (Å²) >= 11 is 0. The third kappa shape index (κ3) is 8.52. The molecule has 0 aromatic carbocycles. The van der Waals surface area contributed by atoms with Crippen LogP contribution in [0.2, 0.25) is 0 Å². The third-order valence-electron chi connectivity index (χ3n) is 7.49. The molecule has 2 fully saturated rings. The zero-order valence-electron chi connectivity index (χ0n) is 24.5. The van der Waals surface area contributed by atoms with E-state index in [1.807, 2.05) is 0 Å². The molecule has 0 bridgehead atoms. The lowest BCUT2D eigenvalue weighted by molar-refractivity contribution is -0.347. The van der Waals surface area contributed by atoms with Crippen LogP contribution in [0.4, 0.5) is 5.82 Å². The summed E-state index contributed by atoms with van der Waals surface area (Å²) in [5.41, 5.74) is 11.0. The molecule has 1 amide bonds. The zero-order chi connectivity index (χ0) is 36.1. The van der Waals surface area contributed by atoms with Crippen molar-refractivity contribution in [2.24, 2.45) is 5.73 Å². The van der Waals surface area contributed by atoms with Gasteiger partial charge in [0.25, 0.3) is 15.6 Å². The quantitative estimate of drug-likeness (QED) is 0.104. The summed E-state index contributed by atoms with van der Waals surface area (Å²) < 4.78 is 65.5. The first-order chi connectivity index (χ1) is 22.8. The lowest BCUT2D eigenvalue weighted by Gasteiger charge is -2.36. The molecule has 5 heterocycles. The second-order valence-electron chi connectivity index (χ2n) is 10.8. The van der Waals surface area contributed by atoms with Crippen LogP contribution >= 0.6 is 23.5 Å². The van der Waals surface area contributed by atoms with E-state index in [4.69, 9.17) is 20.9 Å². The van der Waals surface area contributed by atoms with E-state index in [9.17, 15) is 58.5 Å². The molecule has 28 heteroatoms. The number of anilines is 1. The number of aliphatic hydroxyl groups is 4. The van der Waals surface area contributed by atoms with Gasteiger partial charge in [-0.25, -0.2) is 19.3 Å². The number of hydrogen-bond acceptors (Lipinski definition) is 23. The second kappa shape index (κ2) is 14.3. The minimum Gasteiger partial charge on any atom is -0.790 e. The summed E-state index contributed by atoms with van der Waals surface area (Å²) in [5, 5.41) is 41.7. The Morgan fingerprint density at radius 1 is 0.939 bits per heavy atom. The Labute approximate surface area is 274 Å². The summed E-state index contributed by atoms with van der Waals surface area (Å²) in [6, 6.07) is 0. The molecule has 25 nitrogen and oxygen atoms in total.